The zero-order valence-corrected chi connectivity index (χ0v) is 28.7. The van der Waals surface area contributed by atoms with Crippen LogP contribution in [0, 0.1) is 24.4 Å². The number of benzene rings is 3. The van der Waals surface area contributed by atoms with Crippen molar-refractivity contribution in [3.63, 3.8) is 0 Å². The van der Waals surface area contributed by atoms with Crippen LogP contribution in [0.15, 0.2) is 71.9 Å². The molecular weight excluding hydrogens is 659 g/mol. The molecule has 5 rings (SSSR count). The maximum absolute atomic E-state index is 16.1. The average molecular weight is 698 g/mol. The molecule has 0 saturated carbocycles. The molecule has 1 amide bonds. The number of hydrogen-bond donors (Lipinski definition) is 0. The van der Waals surface area contributed by atoms with Gasteiger partial charge in [-0.05, 0) is 88.7 Å². The fourth-order valence-corrected chi connectivity index (χ4v) is 6.77. The lowest BCUT2D eigenvalue weighted by molar-refractivity contribution is 0.0577. The van der Waals surface area contributed by atoms with Gasteiger partial charge in [0, 0.05) is 30.1 Å². The van der Waals surface area contributed by atoms with Crippen LogP contribution in [0.25, 0.3) is 0 Å². The molecule has 14 heteroatoms. The van der Waals surface area contributed by atoms with Gasteiger partial charge in [-0.3, -0.25) is 9.80 Å². The minimum atomic E-state index is -5.02. The van der Waals surface area contributed by atoms with Gasteiger partial charge in [0.15, 0.2) is 4.90 Å². The zero-order valence-electron chi connectivity index (χ0n) is 27.9. The number of anilines is 2. The molecule has 2 heterocycles. The molecule has 10 nitrogen and oxygen atoms in total. The quantitative estimate of drug-likeness (QED) is 0.170. The van der Waals surface area contributed by atoms with Crippen LogP contribution in [-0.4, -0.2) is 55.2 Å². The van der Waals surface area contributed by atoms with Crippen molar-refractivity contribution in [3.8, 4) is 5.75 Å². The van der Waals surface area contributed by atoms with Crippen LogP contribution < -0.4 is 13.9 Å². The van der Waals surface area contributed by atoms with E-state index >= 15 is 13.2 Å². The van der Waals surface area contributed by atoms with E-state index in [1.54, 1.807) is 51.1 Å². The van der Waals surface area contributed by atoms with Crippen molar-refractivity contribution >= 4 is 27.8 Å². The number of sulfonamides is 1. The third-order valence-electron chi connectivity index (χ3n) is 7.86. The second-order valence-electron chi connectivity index (χ2n) is 12.7. The third kappa shape index (κ3) is 8.14. The molecule has 260 valence electrons. The molecule has 1 aliphatic heterocycles. The zero-order chi connectivity index (χ0) is 35.5. The molecule has 0 bridgehead atoms. The van der Waals surface area contributed by atoms with E-state index < -0.39 is 57.2 Å². The van der Waals surface area contributed by atoms with Crippen molar-refractivity contribution in [1.82, 2.24) is 14.9 Å². The first-order chi connectivity index (χ1) is 23.2. The highest BCUT2D eigenvalue weighted by molar-refractivity contribution is 7.92. The van der Waals surface area contributed by atoms with E-state index in [1.165, 1.54) is 31.6 Å². The van der Waals surface area contributed by atoms with Crippen LogP contribution in [-0.2, 0) is 34.4 Å². The number of likely N-dealkylation sites (tertiary alicyclic amines) is 1. The third-order valence-corrected chi connectivity index (χ3v) is 9.64. The van der Waals surface area contributed by atoms with Gasteiger partial charge in [-0.25, -0.2) is 40.7 Å². The summed E-state index contributed by atoms with van der Waals surface area (Å²) in [7, 11) is -3.60. The number of hydrogen-bond acceptors (Lipinski definition) is 8. The molecule has 0 radical (unpaired) electrons. The summed E-state index contributed by atoms with van der Waals surface area (Å²) >= 11 is 0. The molecule has 49 heavy (non-hydrogen) atoms. The molecule has 1 aliphatic rings. The van der Waals surface area contributed by atoms with Gasteiger partial charge in [0.2, 0.25) is 5.95 Å². The molecule has 1 aromatic heterocycles. The Bertz CT molecular complexity index is 1910. The van der Waals surface area contributed by atoms with E-state index in [4.69, 9.17) is 9.47 Å². The van der Waals surface area contributed by atoms with E-state index in [0.29, 0.717) is 39.9 Å². The Kier molecular flexibility index (Phi) is 10.5. The summed E-state index contributed by atoms with van der Waals surface area (Å²) in [6, 6.07) is 12.5. The number of ether oxygens (including phenoxy) is 2. The number of carbonyl (C=O) groups is 1. The molecule has 3 aromatic carbocycles. The van der Waals surface area contributed by atoms with Crippen LogP contribution in [0.3, 0.4) is 0 Å². The number of aromatic nitrogens is 2. The molecule has 0 spiro atoms. The van der Waals surface area contributed by atoms with Crippen molar-refractivity contribution < 1.29 is 35.9 Å². The monoisotopic (exact) mass is 697 g/mol. The summed E-state index contributed by atoms with van der Waals surface area (Å²) in [6.45, 7) is 7.89. The maximum atomic E-state index is 16.1. The molecule has 0 unspecified atom stereocenters. The predicted molar refractivity (Wildman–Crippen MR) is 178 cm³/mol. The lowest BCUT2D eigenvalue weighted by atomic mass is 10.0. The van der Waals surface area contributed by atoms with Gasteiger partial charge >= 0.3 is 6.09 Å². The molecule has 1 saturated heterocycles. The van der Waals surface area contributed by atoms with E-state index in [1.807, 2.05) is 6.92 Å². The van der Waals surface area contributed by atoms with Gasteiger partial charge in [-0.15, -0.1) is 0 Å². The van der Waals surface area contributed by atoms with Gasteiger partial charge < -0.3 is 9.47 Å². The van der Waals surface area contributed by atoms with E-state index in [2.05, 4.69) is 14.9 Å². The van der Waals surface area contributed by atoms with Gasteiger partial charge in [-0.1, -0.05) is 24.3 Å². The van der Waals surface area contributed by atoms with Crippen molar-refractivity contribution in [2.75, 3.05) is 29.4 Å². The summed E-state index contributed by atoms with van der Waals surface area (Å²) in [5.74, 6) is -3.58. The molecular formula is C35H38F3N5O5S. The van der Waals surface area contributed by atoms with Gasteiger partial charge in [0.1, 0.15) is 28.8 Å². The van der Waals surface area contributed by atoms with E-state index in [-0.39, 0.29) is 17.2 Å². The second-order valence-corrected chi connectivity index (χ2v) is 14.5. The summed E-state index contributed by atoms with van der Waals surface area (Å²) < 4.78 is 87.5. The largest absolute Gasteiger partial charge is 0.496 e. The lowest BCUT2D eigenvalue weighted by Crippen LogP contribution is -2.39. The van der Waals surface area contributed by atoms with Crippen molar-refractivity contribution in [1.29, 1.82) is 0 Å². The Morgan fingerprint density at radius 1 is 0.918 bits per heavy atom. The molecule has 0 atom stereocenters. The Morgan fingerprint density at radius 2 is 1.59 bits per heavy atom. The fraction of sp³-hybridized carbons (Fsp3) is 0.343. The summed E-state index contributed by atoms with van der Waals surface area (Å²) in [5, 5.41) is 0. The van der Waals surface area contributed by atoms with Gasteiger partial charge in [0.05, 0.1) is 25.9 Å². The van der Waals surface area contributed by atoms with E-state index in [0.717, 1.165) is 30.0 Å². The fourth-order valence-electron chi connectivity index (χ4n) is 5.32. The maximum Gasteiger partial charge on any atom is 0.415 e. The Labute approximate surface area is 284 Å². The molecule has 0 aliphatic carbocycles. The number of nitrogens with zero attached hydrogens (tertiary/aromatic N) is 5. The average Bonchev–Trinajstić information content (AvgIpc) is 3.00. The standard InChI is InChI=1S/C35H38F3N5O5S/c1-23-11-12-25(31(17-23)47-5)21-43(33-39-13-7-14-40-33)49(45,46)32-29(37)18-26(19-30(32)38)42(34(44)48-35(2,3)4)22-27-24(9-6-10-28(27)36)20-41-15-8-16-41/h6-7,9-14,17-19H,8,15-16,20-22H2,1-5H3. The van der Waals surface area contributed by atoms with Crippen LogP contribution in [0.4, 0.5) is 29.6 Å². The van der Waals surface area contributed by atoms with Crippen LogP contribution in [0.1, 0.15) is 49.4 Å². The smallest absolute Gasteiger partial charge is 0.415 e. The number of amides is 1. The number of halogens is 3. The molecule has 4 aromatic rings. The Hall–Kier alpha value is -4.69. The highest BCUT2D eigenvalue weighted by Crippen LogP contribution is 2.34. The second kappa shape index (κ2) is 14.4. The summed E-state index contributed by atoms with van der Waals surface area (Å²) in [6.07, 6.45) is 2.59. The highest BCUT2D eigenvalue weighted by Gasteiger charge is 2.36. The number of rotatable bonds is 11. The minimum Gasteiger partial charge on any atom is -0.496 e. The summed E-state index contributed by atoms with van der Waals surface area (Å²) in [4.78, 5) is 23.3. The van der Waals surface area contributed by atoms with E-state index in [9.17, 15) is 13.2 Å². The van der Waals surface area contributed by atoms with Gasteiger partial charge in [0.25, 0.3) is 10.0 Å². The summed E-state index contributed by atoms with van der Waals surface area (Å²) in [5.41, 5.74) is 0.575. The highest BCUT2D eigenvalue weighted by atomic mass is 32.2. The first-order valence-corrected chi connectivity index (χ1v) is 17.0. The lowest BCUT2D eigenvalue weighted by Gasteiger charge is -2.32. The van der Waals surface area contributed by atoms with Crippen molar-refractivity contribution in [3.05, 3.63) is 107 Å². The van der Waals surface area contributed by atoms with Crippen LogP contribution in [0.5, 0.6) is 5.75 Å². The SMILES string of the molecule is COc1cc(C)ccc1CN(c1ncccn1)S(=O)(=O)c1c(F)cc(N(Cc2c(F)cccc2CN2CCC2)C(=O)OC(C)(C)C)cc1F. The topological polar surface area (TPSA) is 105 Å². The Balaban J connectivity index is 1.58. The first kappa shape index (κ1) is 35.6. The van der Waals surface area contributed by atoms with Gasteiger partial charge in [-0.2, -0.15) is 0 Å². The van der Waals surface area contributed by atoms with Crippen LogP contribution in [0.2, 0.25) is 0 Å². The predicted octanol–water partition coefficient (Wildman–Crippen LogP) is 6.75. The minimum absolute atomic E-state index is 0.136. The number of aryl methyl sites for hydroxylation is 1. The van der Waals surface area contributed by atoms with Crippen LogP contribution >= 0.6 is 0 Å². The number of carbonyl (C=O) groups excluding carboxylic acids is 1. The molecule has 0 N–H and O–H groups in total. The normalized spacial score (nSPS) is 13.5. The van der Waals surface area contributed by atoms with Crippen molar-refractivity contribution in [2.24, 2.45) is 0 Å². The molecule has 1 fully saturated rings. The number of methoxy groups -OCH3 is 1. The first-order valence-electron chi connectivity index (χ1n) is 15.6. The van der Waals surface area contributed by atoms with Crippen molar-refractivity contribution in [2.45, 2.75) is 64.2 Å². The Morgan fingerprint density at radius 3 is 2.18 bits per heavy atom.